The third kappa shape index (κ3) is 3.98. The van der Waals surface area contributed by atoms with Crippen molar-refractivity contribution in [2.45, 2.75) is 26.8 Å². The van der Waals surface area contributed by atoms with Gasteiger partial charge in [-0.15, -0.1) is 11.3 Å². The van der Waals surface area contributed by atoms with E-state index in [-0.39, 0.29) is 5.91 Å². The fraction of sp³-hybridized carbons (Fsp3) is 0.375. The van der Waals surface area contributed by atoms with Crippen LogP contribution in [0.15, 0.2) is 18.2 Å². The summed E-state index contributed by atoms with van der Waals surface area (Å²) in [7, 11) is 3.19. The van der Waals surface area contributed by atoms with Crippen LogP contribution in [0.25, 0.3) is 0 Å². The first-order valence-electron chi connectivity index (χ1n) is 6.94. The Kier molecular flexibility index (Phi) is 5.38. The summed E-state index contributed by atoms with van der Waals surface area (Å²) in [6, 6.07) is 5.60. The first-order valence-corrected chi connectivity index (χ1v) is 7.75. The van der Waals surface area contributed by atoms with Gasteiger partial charge in [0.15, 0.2) is 11.5 Å². The standard InChI is InChI=1S/C16H20N2O3S/c1-10-15(22-11(2)18-10)8-16(19)17-9-12-5-6-13(20-3)14(7-12)21-4/h5-7H,8-9H2,1-4H3,(H,17,19). The van der Waals surface area contributed by atoms with Crippen molar-refractivity contribution in [2.75, 3.05) is 14.2 Å². The first-order chi connectivity index (χ1) is 10.5. The van der Waals surface area contributed by atoms with Gasteiger partial charge in [-0.25, -0.2) is 4.98 Å². The van der Waals surface area contributed by atoms with Crippen LogP contribution in [-0.2, 0) is 17.8 Å². The maximum atomic E-state index is 12.0. The van der Waals surface area contributed by atoms with E-state index < -0.39 is 0 Å². The Morgan fingerprint density at radius 3 is 2.55 bits per heavy atom. The lowest BCUT2D eigenvalue weighted by atomic mass is 10.2. The van der Waals surface area contributed by atoms with Gasteiger partial charge in [-0.2, -0.15) is 0 Å². The molecule has 0 fully saturated rings. The first kappa shape index (κ1) is 16.3. The van der Waals surface area contributed by atoms with Gasteiger partial charge in [0.2, 0.25) is 5.91 Å². The third-order valence-electron chi connectivity index (χ3n) is 3.26. The van der Waals surface area contributed by atoms with Crippen molar-refractivity contribution < 1.29 is 14.3 Å². The molecule has 1 N–H and O–H groups in total. The van der Waals surface area contributed by atoms with Crippen molar-refractivity contribution in [3.05, 3.63) is 39.3 Å². The summed E-state index contributed by atoms with van der Waals surface area (Å²) < 4.78 is 10.4. The van der Waals surface area contributed by atoms with Crippen molar-refractivity contribution in [1.29, 1.82) is 0 Å². The number of benzene rings is 1. The second kappa shape index (κ2) is 7.26. The molecular weight excluding hydrogens is 300 g/mol. The van der Waals surface area contributed by atoms with Gasteiger partial charge in [-0.1, -0.05) is 6.07 Å². The number of amides is 1. The molecule has 1 aromatic heterocycles. The third-order valence-corrected chi connectivity index (χ3v) is 4.33. The fourth-order valence-corrected chi connectivity index (χ4v) is 3.07. The summed E-state index contributed by atoms with van der Waals surface area (Å²) in [6.45, 7) is 4.33. The Bertz CT molecular complexity index is 667. The van der Waals surface area contributed by atoms with Crippen molar-refractivity contribution in [3.63, 3.8) is 0 Å². The van der Waals surface area contributed by atoms with Crippen LogP contribution < -0.4 is 14.8 Å². The molecule has 2 rings (SSSR count). The zero-order valence-corrected chi connectivity index (χ0v) is 14.0. The number of nitrogens with zero attached hydrogens (tertiary/aromatic N) is 1. The average Bonchev–Trinajstić information content (AvgIpc) is 2.82. The molecule has 0 bridgehead atoms. The number of aryl methyl sites for hydroxylation is 2. The summed E-state index contributed by atoms with van der Waals surface area (Å²) in [4.78, 5) is 17.4. The van der Waals surface area contributed by atoms with Gasteiger partial charge in [-0.05, 0) is 31.5 Å². The number of carbonyl (C=O) groups excluding carboxylic acids is 1. The summed E-state index contributed by atoms with van der Waals surface area (Å²) in [5.41, 5.74) is 1.90. The van der Waals surface area contributed by atoms with Gasteiger partial charge >= 0.3 is 0 Å². The van der Waals surface area contributed by atoms with Crippen LogP contribution in [0.2, 0.25) is 0 Å². The molecule has 0 unspecified atom stereocenters. The Balaban J connectivity index is 1.95. The van der Waals surface area contributed by atoms with E-state index in [1.165, 1.54) is 0 Å². The SMILES string of the molecule is COc1ccc(CNC(=O)Cc2sc(C)nc2C)cc1OC. The molecule has 0 saturated heterocycles. The van der Waals surface area contributed by atoms with Crippen LogP contribution in [-0.4, -0.2) is 25.1 Å². The number of hydrogen-bond acceptors (Lipinski definition) is 5. The molecule has 0 spiro atoms. The zero-order chi connectivity index (χ0) is 16.1. The van der Waals surface area contributed by atoms with Crippen LogP contribution in [0.4, 0.5) is 0 Å². The number of thiazole rings is 1. The van der Waals surface area contributed by atoms with E-state index in [4.69, 9.17) is 9.47 Å². The second-order valence-corrected chi connectivity index (χ2v) is 6.17. The smallest absolute Gasteiger partial charge is 0.225 e. The Morgan fingerprint density at radius 2 is 1.95 bits per heavy atom. The van der Waals surface area contributed by atoms with Crippen LogP contribution in [0, 0.1) is 13.8 Å². The number of nitrogens with one attached hydrogen (secondary N) is 1. The van der Waals surface area contributed by atoms with Crippen molar-refractivity contribution in [3.8, 4) is 11.5 Å². The van der Waals surface area contributed by atoms with Crippen molar-refractivity contribution in [2.24, 2.45) is 0 Å². The maximum Gasteiger partial charge on any atom is 0.225 e. The lowest BCUT2D eigenvalue weighted by Gasteiger charge is -2.10. The molecular formula is C16H20N2O3S. The molecule has 0 aliphatic heterocycles. The molecule has 0 radical (unpaired) electrons. The monoisotopic (exact) mass is 320 g/mol. The van der Waals surface area contributed by atoms with Gasteiger partial charge in [0.05, 0.1) is 31.3 Å². The largest absolute Gasteiger partial charge is 0.493 e. The number of rotatable bonds is 6. The highest BCUT2D eigenvalue weighted by Crippen LogP contribution is 2.27. The summed E-state index contributed by atoms with van der Waals surface area (Å²) >= 11 is 1.57. The van der Waals surface area contributed by atoms with Gasteiger partial charge < -0.3 is 14.8 Å². The van der Waals surface area contributed by atoms with E-state index in [1.54, 1.807) is 25.6 Å². The average molecular weight is 320 g/mol. The second-order valence-electron chi connectivity index (χ2n) is 4.88. The lowest BCUT2D eigenvalue weighted by Crippen LogP contribution is -2.24. The van der Waals surface area contributed by atoms with Crippen molar-refractivity contribution in [1.82, 2.24) is 10.3 Å². The summed E-state index contributed by atoms with van der Waals surface area (Å²) in [6.07, 6.45) is 0.366. The van der Waals surface area contributed by atoms with Gasteiger partial charge in [0, 0.05) is 11.4 Å². The van der Waals surface area contributed by atoms with E-state index in [2.05, 4.69) is 10.3 Å². The highest BCUT2D eigenvalue weighted by atomic mass is 32.1. The Labute approximate surface area is 134 Å². The molecule has 5 nitrogen and oxygen atoms in total. The fourth-order valence-electron chi connectivity index (χ4n) is 2.14. The number of aromatic nitrogens is 1. The van der Waals surface area contributed by atoms with E-state index in [0.29, 0.717) is 24.5 Å². The highest BCUT2D eigenvalue weighted by Gasteiger charge is 2.10. The number of carbonyl (C=O) groups is 1. The van der Waals surface area contributed by atoms with Gasteiger partial charge in [0.1, 0.15) is 0 Å². The predicted octanol–water partition coefficient (Wildman–Crippen LogP) is 2.64. The molecule has 0 aliphatic carbocycles. The Hall–Kier alpha value is -2.08. The minimum absolute atomic E-state index is 0.0125. The van der Waals surface area contributed by atoms with E-state index in [1.807, 2.05) is 32.0 Å². The number of hydrogen-bond donors (Lipinski definition) is 1. The molecule has 0 saturated carbocycles. The maximum absolute atomic E-state index is 12.0. The minimum atomic E-state index is -0.0125. The highest BCUT2D eigenvalue weighted by molar-refractivity contribution is 7.11. The number of methoxy groups -OCH3 is 2. The Morgan fingerprint density at radius 1 is 1.23 bits per heavy atom. The zero-order valence-electron chi connectivity index (χ0n) is 13.2. The summed E-state index contributed by atoms with van der Waals surface area (Å²) in [5, 5.41) is 3.90. The van der Waals surface area contributed by atoms with Crippen LogP contribution in [0.3, 0.4) is 0 Å². The van der Waals surface area contributed by atoms with Crippen LogP contribution in [0.1, 0.15) is 21.1 Å². The quantitative estimate of drug-likeness (QED) is 0.889. The topological polar surface area (TPSA) is 60.5 Å². The molecule has 1 aromatic carbocycles. The molecule has 0 aliphatic rings. The molecule has 118 valence electrons. The molecule has 1 amide bonds. The number of ether oxygens (including phenoxy) is 2. The van der Waals surface area contributed by atoms with E-state index in [0.717, 1.165) is 21.1 Å². The molecule has 6 heteroatoms. The van der Waals surface area contributed by atoms with Crippen LogP contribution in [0.5, 0.6) is 11.5 Å². The molecule has 2 aromatic rings. The molecule has 1 heterocycles. The normalized spacial score (nSPS) is 10.4. The van der Waals surface area contributed by atoms with E-state index >= 15 is 0 Å². The van der Waals surface area contributed by atoms with Crippen molar-refractivity contribution >= 4 is 17.2 Å². The van der Waals surface area contributed by atoms with Gasteiger partial charge in [0.25, 0.3) is 0 Å². The van der Waals surface area contributed by atoms with E-state index in [9.17, 15) is 4.79 Å². The minimum Gasteiger partial charge on any atom is -0.493 e. The lowest BCUT2D eigenvalue weighted by molar-refractivity contribution is -0.120. The van der Waals surface area contributed by atoms with Gasteiger partial charge in [-0.3, -0.25) is 4.79 Å². The molecule has 0 atom stereocenters. The van der Waals surface area contributed by atoms with Crippen LogP contribution >= 0.6 is 11.3 Å². The summed E-state index contributed by atoms with van der Waals surface area (Å²) in [5.74, 6) is 1.32. The predicted molar refractivity (Wildman–Crippen MR) is 86.7 cm³/mol. The molecule has 22 heavy (non-hydrogen) atoms.